The Balaban J connectivity index is 0.000000117. The van der Waals surface area contributed by atoms with Gasteiger partial charge in [0.1, 0.15) is 0 Å². The zero-order valence-corrected chi connectivity index (χ0v) is 25.3. The van der Waals surface area contributed by atoms with Crippen LogP contribution in [-0.4, -0.2) is 0 Å². The quantitative estimate of drug-likeness (QED) is 0.145. The molecule has 0 unspecified atom stereocenters. The highest BCUT2D eigenvalue weighted by atomic mass is 14.1. The van der Waals surface area contributed by atoms with Gasteiger partial charge in [-0.15, -0.1) is 0 Å². The zero-order chi connectivity index (χ0) is 30.1. The minimum absolute atomic E-state index is 1.23. The fourth-order valence-corrected chi connectivity index (χ4v) is 5.80. The summed E-state index contributed by atoms with van der Waals surface area (Å²) in [5.41, 5.74) is 5.17. The fourth-order valence-electron chi connectivity index (χ4n) is 5.80. The van der Waals surface area contributed by atoms with Crippen molar-refractivity contribution in [2.45, 2.75) is 13.8 Å². The number of rotatable bonds is 2. The van der Waals surface area contributed by atoms with Crippen molar-refractivity contribution in [3.05, 3.63) is 192 Å². The molecule has 0 N–H and O–H groups in total. The normalized spacial score (nSPS) is 10.9. The van der Waals surface area contributed by atoms with Crippen molar-refractivity contribution < 1.29 is 0 Å². The van der Waals surface area contributed by atoms with Gasteiger partial charge in [-0.25, -0.2) is 0 Å². The molecule has 0 aliphatic rings. The molecule has 0 aliphatic heterocycles. The van der Waals surface area contributed by atoms with Crippen LogP contribution in [0.4, 0.5) is 0 Å². The summed E-state index contributed by atoms with van der Waals surface area (Å²) in [7, 11) is 0. The molecule has 0 spiro atoms. The monoisotopic (exact) mass is 564 g/mol. The topological polar surface area (TPSA) is 0 Å². The molecule has 0 fully saturated rings. The van der Waals surface area contributed by atoms with Gasteiger partial charge in [0, 0.05) is 0 Å². The molecule has 0 heteroatoms. The summed E-state index contributed by atoms with van der Waals surface area (Å²) >= 11 is 0. The molecule has 0 bridgehead atoms. The molecule has 8 aromatic rings. The first-order valence-electron chi connectivity index (χ1n) is 15.2. The Morgan fingerprint density at radius 1 is 0.295 bits per heavy atom. The van der Waals surface area contributed by atoms with Crippen molar-refractivity contribution in [1.82, 2.24) is 0 Å². The molecule has 0 heterocycles. The first kappa shape index (κ1) is 28.6. The highest BCUT2D eigenvalue weighted by Gasteiger charge is 2.03. The largest absolute Gasteiger partial charge is 0.0622 e. The maximum Gasteiger partial charge on any atom is -0.0103 e. The number of hydrogen-bond donors (Lipinski definition) is 0. The van der Waals surface area contributed by atoms with Gasteiger partial charge >= 0.3 is 0 Å². The van der Waals surface area contributed by atoms with E-state index in [4.69, 9.17) is 0 Å². The van der Waals surface area contributed by atoms with E-state index in [1.165, 1.54) is 65.3 Å². The van der Waals surface area contributed by atoms with Crippen LogP contribution in [-0.2, 0) is 0 Å². The Hall–Kier alpha value is -5.46. The molecule has 0 amide bonds. The van der Waals surface area contributed by atoms with Gasteiger partial charge in [-0.3, -0.25) is 0 Å². The third-order valence-corrected chi connectivity index (χ3v) is 8.02. The van der Waals surface area contributed by atoms with Crippen LogP contribution >= 0.6 is 0 Å². The second-order valence-corrected chi connectivity index (χ2v) is 11.1. The van der Waals surface area contributed by atoms with Crippen LogP contribution < -0.4 is 0 Å². The van der Waals surface area contributed by atoms with Crippen LogP contribution in [0.3, 0.4) is 0 Å². The molecule has 44 heavy (non-hydrogen) atoms. The Kier molecular flexibility index (Phi) is 8.90. The van der Waals surface area contributed by atoms with E-state index in [0.717, 1.165) is 0 Å². The van der Waals surface area contributed by atoms with Gasteiger partial charge < -0.3 is 0 Å². The Labute approximate surface area is 260 Å². The Morgan fingerprint density at radius 3 is 0.977 bits per heavy atom. The van der Waals surface area contributed by atoms with Crippen molar-refractivity contribution in [1.29, 1.82) is 0 Å². The number of benzene rings is 8. The standard InChI is InChI=1S/2C15H12.C14H12/c2*1-11-10-12-6-2-3-8-14(12)15-9-5-4-7-13(11)15;1-3-7-13(8-4-1)11-12-14-9-5-2-6-10-14/h2*2-10H,1H3;1-12H/b;;12-11+. The lowest BCUT2D eigenvalue weighted by atomic mass is 9.98. The van der Waals surface area contributed by atoms with Crippen LogP contribution in [0.1, 0.15) is 22.3 Å². The van der Waals surface area contributed by atoms with Gasteiger partial charge in [0.25, 0.3) is 0 Å². The summed E-state index contributed by atoms with van der Waals surface area (Å²) in [6, 6.07) is 59.5. The second-order valence-electron chi connectivity index (χ2n) is 11.1. The molecule has 212 valence electrons. The Morgan fingerprint density at radius 2 is 0.591 bits per heavy atom. The van der Waals surface area contributed by atoms with E-state index in [-0.39, 0.29) is 0 Å². The van der Waals surface area contributed by atoms with Gasteiger partial charge in [0.2, 0.25) is 0 Å². The zero-order valence-electron chi connectivity index (χ0n) is 25.3. The van der Waals surface area contributed by atoms with Crippen molar-refractivity contribution in [2.24, 2.45) is 0 Å². The van der Waals surface area contributed by atoms with Crippen molar-refractivity contribution in [3.8, 4) is 0 Å². The Bertz CT molecular complexity index is 2010. The van der Waals surface area contributed by atoms with Crippen LogP contribution in [0.15, 0.2) is 170 Å². The lowest BCUT2D eigenvalue weighted by Gasteiger charge is -2.06. The van der Waals surface area contributed by atoms with Crippen LogP contribution in [0.25, 0.3) is 55.2 Å². The molecule has 0 saturated heterocycles. The molecule has 0 saturated carbocycles. The summed E-state index contributed by atoms with van der Waals surface area (Å²) < 4.78 is 0. The van der Waals surface area contributed by atoms with E-state index < -0.39 is 0 Å². The lowest BCUT2D eigenvalue weighted by Crippen LogP contribution is -1.81. The first-order valence-corrected chi connectivity index (χ1v) is 15.2. The molecule has 0 aliphatic carbocycles. The highest BCUT2D eigenvalue weighted by Crippen LogP contribution is 2.29. The van der Waals surface area contributed by atoms with Gasteiger partial charge in [-0.05, 0) is 79.2 Å². The molecule has 0 radical (unpaired) electrons. The summed E-state index contributed by atoms with van der Waals surface area (Å²) in [4.78, 5) is 0. The minimum Gasteiger partial charge on any atom is -0.0622 e. The number of fused-ring (bicyclic) bond motifs is 6. The van der Waals surface area contributed by atoms with E-state index in [1.807, 2.05) is 36.4 Å². The summed E-state index contributed by atoms with van der Waals surface area (Å²) in [6.07, 6.45) is 4.24. The van der Waals surface area contributed by atoms with E-state index in [2.05, 4.69) is 159 Å². The molecule has 8 rings (SSSR count). The summed E-state index contributed by atoms with van der Waals surface area (Å²) in [5.74, 6) is 0. The van der Waals surface area contributed by atoms with Crippen molar-refractivity contribution >= 4 is 55.2 Å². The average molecular weight is 565 g/mol. The molecular formula is C44H36. The SMILES string of the molecule is C(=C\c1ccccc1)/c1ccccc1.Cc1cc2ccccc2c2ccccc12.Cc1cc2ccccc2c2ccccc12. The van der Waals surface area contributed by atoms with Crippen LogP contribution in [0.2, 0.25) is 0 Å². The van der Waals surface area contributed by atoms with E-state index in [1.54, 1.807) is 0 Å². The van der Waals surface area contributed by atoms with Crippen LogP contribution in [0, 0.1) is 13.8 Å². The molecule has 0 nitrogen and oxygen atoms in total. The minimum atomic E-state index is 1.23. The van der Waals surface area contributed by atoms with Gasteiger partial charge in [0.05, 0.1) is 0 Å². The maximum absolute atomic E-state index is 2.26. The fraction of sp³-hybridized carbons (Fsp3) is 0.0455. The summed E-state index contributed by atoms with van der Waals surface area (Å²) in [5, 5.41) is 10.8. The number of hydrogen-bond acceptors (Lipinski definition) is 0. The highest BCUT2D eigenvalue weighted by molar-refractivity contribution is 6.09. The van der Waals surface area contributed by atoms with E-state index >= 15 is 0 Å². The average Bonchev–Trinajstić information content (AvgIpc) is 3.09. The van der Waals surface area contributed by atoms with Crippen molar-refractivity contribution in [2.75, 3.05) is 0 Å². The molecule has 8 aromatic carbocycles. The first-order chi connectivity index (χ1) is 21.7. The number of aryl methyl sites for hydroxylation is 2. The second kappa shape index (κ2) is 13.7. The van der Waals surface area contributed by atoms with E-state index in [0.29, 0.717) is 0 Å². The summed E-state index contributed by atoms with van der Waals surface area (Å²) in [6.45, 7) is 4.35. The molecule has 0 atom stereocenters. The predicted molar refractivity (Wildman–Crippen MR) is 194 cm³/mol. The third kappa shape index (κ3) is 6.61. The molecule has 0 aromatic heterocycles. The van der Waals surface area contributed by atoms with Crippen molar-refractivity contribution in [3.63, 3.8) is 0 Å². The maximum atomic E-state index is 2.26. The van der Waals surface area contributed by atoms with Gasteiger partial charge in [0.15, 0.2) is 0 Å². The van der Waals surface area contributed by atoms with Gasteiger partial charge in [-0.2, -0.15) is 0 Å². The smallest absolute Gasteiger partial charge is 0.0103 e. The third-order valence-electron chi connectivity index (χ3n) is 8.02. The van der Waals surface area contributed by atoms with Crippen LogP contribution in [0.5, 0.6) is 0 Å². The lowest BCUT2D eigenvalue weighted by molar-refractivity contribution is 1.56. The molecular weight excluding hydrogens is 528 g/mol. The van der Waals surface area contributed by atoms with E-state index in [9.17, 15) is 0 Å². The predicted octanol–water partition coefficient (Wildman–Crippen LogP) is 12.5. The van der Waals surface area contributed by atoms with Gasteiger partial charge in [-0.1, -0.05) is 182 Å².